The van der Waals surface area contributed by atoms with Gasteiger partial charge in [0.05, 0.1) is 0 Å². The highest BCUT2D eigenvalue weighted by molar-refractivity contribution is 6.05. The molecule has 176 valence electrons. The molecule has 0 aliphatic carbocycles. The second-order valence-corrected chi connectivity index (χ2v) is 9.61. The number of fused-ring (bicyclic) bond motifs is 2. The van der Waals surface area contributed by atoms with Crippen LogP contribution in [0.15, 0.2) is 36.4 Å². The number of rotatable bonds is 5. The summed E-state index contributed by atoms with van der Waals surface area (Å²) in [7, 11) is 0. The van der Waals surface area contributed by atoms with E-state index in [4.69, 9.17) is 4.74 Å². The number of ether oxygens (including phenoxy) is 1. The van der Waals surface area contributed by atoms with Gasteiger partial charge < -0.3 is 19.9 Å². The topological polar surface area (TPSA) is 91.0 Å². The van der Waals surface area contributed by atoms with E-state index in [-0.39, 0.29) is 30.2 Å². The zero-order valence-electron chi connectivity index (χ0n) is 19.0. The predicted molar refractivity (Wildman–Crippen MR) is 126 cm³/mol. The standard InChI is InChI=1S/C26H28N4O4/c31-24-8-7-22(25(32)28-24)30-15-18-4-3-16(10-21(18)26(30)33)14-29-9-1-2-17-5-6-19(11-23(17)29)34-20-12-27-13-20/h3-6,10-11,20,22,27H,1-2,7-9,12-15H2,(H,28,31,32). The lowest BCUT2D eigenvalue weighted by Crippen LogP contribution is -2.52. The molecule has 2 N–H and O–H groups in total. The Morgan fingerprint density at radius 2 is 1.85 bits per heavy atom. The molecule has 1 unspecified atom stereocenters. The van der Waals surface area contributed by atoms with Crippen LogP contribution in [0.25, 0.3) is 0 Å². The zero-order chi connectivity index (χ0) is 23.2. The van der Waals surface area contributed by atoms with Crippen molar-refractivity contribution >= 4 is 23.4 Å². The number of carbonyl (C=O) groups excluding carboxylic acids is 3. The Hall–Kier alpha value is -3.39. The molecule has 6 rings (SSSR count). The number of benzene rings is 2. The summed E-state index contributed by atoms with van der Waals surface area (Å²) in [5.41, 5.74) is 5.19. The van der Waals surface area contributed by atoms with Crippen molar-refractivity contribution in [1.29, 1.82) is 0 Å². The van der Waals surface area contributed by atoms with Gasteiger partial charge in [0.25, 0.3) is 5.91 Å². The Morgan fingerprint density at radius 1 is 1.00 bits per heavy atom. The molecular formula is C26H28N4O4. The molecule has 2 saturated heterocycles. The van der Waals surface area contributed by atoms with Gasteiger partial charge in [0, 0.05) is 56.5 Å². The molecule has 8 nitrogen and oxygen atoms in total. The summed E-state index contributed by atoms with van der Waals surface area (Å²) in [4.78, 5) is 40.9. The molecule has 0 spiro atoms. The zero-order valence-corrected chi connectivity index (χ0v) is 19.0. The van der Waals surface area contributed by atoms with Gasteiger partial charge in [-0.25, -0.2) is 0 Å². The number of nitrogens with zero attached hydrogens (tertiary/aromatic N) is 2. The molecule has 34 heavy (non-hydrogen) atoms. The fraction of sp³-hybridized carbons (Fsp3) is 0.423. The molecule has 1 atom stereocenters. The lowest BCUT2D eigenvalue weighted by molar-refractivity contribution is -0.136. The molecule has 4 aliphatic rings. The van der Waals surface area contributed by atoms with Crippen LogP contribution in [0.4, 0.5) is 5.69 Å². The van der Waals surface area contributed by atoms with Crippen molar-refractivity contribution in [3.63, 3.8) is 0 Å². The smallest absolute Gasteiger partial charge is 0.255 e. The Kier molecular flexibility index (Phi) is 5.25. The number of nitrogens with one attached hydrogen (secondary N) is 2. The van der Waals surface area contributed by atoms with Crippen LogP contribution in [0, 0.1) is 0 Å². The summed E-state index contributed by atoms with van der Waals surface area (Å²) in [5, 5.41) is 5.59. The minimum absolute atomic E-state index is 0.129. The van der Waals surface area contributed by atoms with Crippen LogP contribution in [-0.2, 0) is 29.1 Å². The Bertz CT molecular complexity index is 1180. The lowest BCUT2D eigenvalue weighted by atomic mass is 9.99. The van der Waals surface area contributed by atoms with Crippen LogP contribution in [-0.4, -0.2) is 54.4 Å². The minimum Gasteiger partial charge on any atom is -0.488 e. The Balaban J connectivity index is 1.20. The monoisotopic (exact) mass is 460 g/mol. The van der Waals surface area contributed by atoms with Gasteiger partial charge >= 0.3 is 0 Å². The summed E-state index contributed by atoms with van der Waals surface area (Å²) >= 11 is 0. The number of piperidine rings is 1. The summed E-state index contributed by atoms with van der Waals surface area (Å²) in [5.74, 6) is 0.127. The van der Waals surface area contributed by atoms with Crippen LogP contribution >= 0.6 is 0 Å². The van der Waals surface area contributed by atoms with Gasteiger partial charge in [0.1, 0.15) is 17.9 Å². The van der Waals surface area contributed by atoms with Crippen molar-refractivity contribution in [3.8, 4) is 5.75 Å². The number of anilines is 1. The summed E-state index contributed by atoms with van der Waals surface area (Å²) in [6.07, 6.45) is 3.03. The van der Waals surface area contributed by atoms with Gasteiger partial charge in [-0.3, -0.25) is 19.7 Å². The van der Waals surface area contributed by atoms with Crippen molar-refractivity contribution < 1.29 is 19.1 Å². The van der Waals surface area contributed by atoms with E-state index in [2.05, 4.69) is 39.8 Å². The predicted octanol–water partition coefficient (Wildman–Crippen LogP) is 1.75. The lowest BCUT2D eigenvalue weighted by Gasteiger charge is -2.33. The van der Waals surface area contributed by atoms with Gasteiger partial charge in [0.15, 0.2) is 0 Å². The number of aryl methyl sites for hydroxylation is 1. The van der Waals surface area contributed by atoms with Crippen molar-refractivity contribution in [2.24, 2.45) is 0 Å². The largest absolute Gasteiger partial charge is 0.488 e. The molecule has 2 fully saturated rings. The first-order valence-electron chi connectivity index (χ1n) is 12.1. The van der Waals surface area contributed by atoms with Crippen LogP contribution < -0.4 is 20.3 Å². The molecule has 2 aromatic carbocycles. The highest BCUT2D eigenvalue weighted by Gasteiger charge is 2.39. The second kappa shape index (κ2) is 8.43. The molecule has 4 aliphatic heterocycles. The van der Waals surface area contributed by atoms with Crippen molar-refractivity contribution in [2.75, 3.05) is 24.5 Å². The van der Waals surface area contributed by atoms with E-state index in [0.717, 1.165) is 49.4 Å². The first-order valence-corrected chi connectivity index (χ1v) is 12.1. The van der Waals surface area contributed by atoms with Gasteiger partial charge in [-0.1, -0.05) is 18.2 Å². The first kappa shape index (κ1) is 21.2. The fourth-order valence-electron chi connectivity index (χ4n) is 5.33. The maximum atomic E-state index is 13.2. The van der Waals surface area contributed by atoms with Crippen LogP contribution in [0.3, 0.4) is 0 Å². The molecule has 0 radical (unpaired) electrons. The van der Waals surface area contributed by atoms with Gasteiger partial charge in [-0.15, -0.1) is 0 Å². The average molecular weight is 461 g/mol. The van der Waals surface area contributed by atoms with Crippen LogP contribution in [0.5, 0.6) is 5.75 Å². The summed E-state index contributed by atoms with van der Waals surface area (Å²) in [6.45, 7) is 3.85. The van der Waals surface area contributed by atoms with Gasteiger partial charge in [-0.05, 0) is 48.1 Å². The molecule has 8 heteroatoms. The Labute approximate surface area is 198 Å². The summed E-state index contributed by atoms with van der Waals surface area (Å²) < 4.78 is 6.08. The van der Waals surface area contributed by atoms with E-state index in [1.54, 1.807) is 4.90 Å². The number of imide groups is 1. The highest BCUT2D eigenvalue weighted by atomic mass is 16.5. The maximum Gasteiger partial charge on any atom is 0.255 e. The van der Waals surface area contributed by atoms with E-state index in [9.17, 15) is 14.4 Å². The normalized spacial score (nSPS) is 22.2. The highest BCUT2D eigenvalue weighted by Crippen LogP contribution is 2.34. The van der Waals surface area contributed by atoms with E-state index in [1.165, 1.54) is 11.3 Å². The molecule has 3 amide bonds. The van der Waals surface area contributed by atoms with E-state index in [1.807, 2.05) is 12.1 Å². The average Bonchev–Trinajstić information content (AvgIpc) is 3.12. The molecule has 0 saturated carbocycles. The van der Waals surface area contributed by atoms with Gasteiger partial charge in [-0.2, -0.15) is 0 Å². The van der Waals surface area contributed by atoms with Crippen molar-refractivity contribution in [2.45, 2.75) is 50.9 Å². The quantitative estimate of drug-likeness (QED) is 0.661. The fourth-order valence-corrected chi connectivity index (χ4v) is 5.33. The SMILES string of the molecule is O=C1CCC(N2Cc3ccc(CN4CCCc5ccc(OC6CNC6)cc54)cc3C2=O)C(=O)N1. The van der Waals surface area contributed by atoms with Crippen LogP contribution in [0.1, 0.15) is 46.3 Å². The van der Waals surface area contributed by atoms with Gasteiger partial charge in [0.2, 0.25) is 11.8 Å². The number of hydrogen-bond donors (Lipinski definition) is 2. The molecule has 0 aromatic heterocycles. The van der Waals surface area contributed by atoms with Crippen molar-refractivity contribution in [3.05, 3.63) is 58.7 Å². The van der Waals surface area contributed by atoms with Crippen molar-refractivity contribution in [1.82, 2.24) is 15.5 Å². The molecule has 2 aromatic rings. The second-order valence-electron chi connectivity index (χ2n) is 9.61. The first-order chi connectivity index (χ1) is 16.5. The molecular weight excluding hydrogens is 432 g/mol. The van der Waals surface area contributed by atoms with Crippen LogP contribution in [0.2, 0.25) is 0 Å². The van der Waals surface area contributed by atoms with E-state index in [0.29, 0.717) is 25.1 Å². The molecule has 4 heterocycles. The third-order valence-corrected chi connectivity index (χ3v) is 7.28. The number of hydrogen-bond acceptors (Lipinski definition) is 6. The number of carbonyl (C=O) groups is 3. The minimum atomic E-state index is -0.584. The third kappa shape index (κ3) is 3.81. The number of amides is 3. The third-order valence-electron chi connectivity index (χ3n) is 7.28. The molecule has 0 bridgehead atoms. The van der Waals surface area contributed by atoms with E-state index < -0.39 is 6.04 Å². The maximum absolute atomic E-state index is 13.2. The Morgan fingerprint density at radius 3 is 2.65 bits per heavy atom. The summed E-state index contributed by atoms with van der Waals surface area (Å²) in [6, 6.07) is 11.9. The van der Waals surface area contributed by atoms with E-state index >= 15 is 0 Å².